The van der Waals surface area contributed by atoms with Gasteiger partial charge in [-0.3, -0.25) is 0 Å². The minimum absolute atomic E-state index is 0.680. The summed E-state index contributed by atoms with van der Waals surface area (Å²) in [6.07, 6.45) is 5.46. The minimum Gasteiger partial charge on any atom is -0.317 e. The number of hydrogen-bond donors (Lipinski definition) is 1. The highest BCUT2D eigenvalue weighted by Gasteiger charge is 2.18. The molecule has 0 aliphatic carbocycles. The predicted octanol–water partition coefficient (Wildman–Crippen LogP) is 2.36. The van der Waals surface area contributed by atoms with Gasteiger partial charge >= 0.3 is 0 Å². The molecule has 0 radical (unpaired) electrons. The third-order valence-electron chi connectivity index (χ3n) is 3.73. The maximum absolute atomic E-state index is 4.52. The second-order valence-corrected chi connectivity index (χ2v) is 4.76. The summed E-state index contributed by atoms with van der Waals surface area (Å²) in [4.78, 5) is 4.52. The summed E-state index contributed by atoms with van der Waals surface area (Å²) in [5.41, 5.74) is 2.68. The summed E-state index contributed by atoms with van der Waals surface area (Å²) >= 11 is 0. The van der Waals surface area contributed by atoms with Gasteiger partial charge in [0.15, 0.2) is 0 Å². The average molecular weight is 229 g/mol. The van der Waals surface area contributed by atoms with Crippen molar-refractivity contribution >= 4 is 5.52 Å². The first-order valence-corrected chi connectivity index (χ1v) is 6.56. The van der Waals surface area contributed by atoms with E-state index in [0.29, 0.717) is 5.92 Å². The fourth-order valence-electron chi connectivity index (χ4n) is 2.83. The van der Waals surface area contributed by atoms with Gasteiger partial charge in [0, 0.05) is 18.0 Å². The SMILES string of the molecule is CCc1ncc2cccc(C3CCNCC3)n12. The second kappa shape index (κ2) is 4.49. The highest BCUT2D eigenvalue weighted by atomic mass is 15.0. The molecule has 0 unspecified atom stereocenters. The fourth-order valence-corrected chi connectivity index (χ4v) is 2.83. The molecule has 3 nitrogen and oxygen atoms in total. The number of rotatable bonds is 2. The van der Waals surface area contributed by atoms with E-state index in [1.54, 1.807) is 0 Å². The molecule has 3 rings (SSSR count). The standard InChI is InChI=1S/C14H19N3/c1-2-14-16-10-12-4-3-5-13(17(12)14)11-6-8-15-9-7-11/h3-5,10-11,15H,2,6-9H2,1H3. The molecule has 0 saturated carbocycles. The lowest BCUT2D eigenvalue weighted by Gasteiger charge is -2.24. The van der Waals surface area contributed by atoms with E-state index in [9.17, 15) is 0 Å². The fraction of sp³-hybridized carbons (Fsp3) is 0.500. The molecule has 0 aromatic carbocycles. The van der Waals surface area contributed by atoms with Crippen molar-refractivity contribution in [2.24, 2.45) is 0 Å². The molecular formula is C14H19N3. The van der Waals surface area contributed by atoms with E-state index in [0.717, 1.165) is 19.5 Å². The summed E-state index contributed by atoms with van der Waals surface area (Å²) in [5.74, 6) is 1.87. The zero-order valence-electron chi connectivity index (χ0n) is 10.3. The van der Waals surface area contributed by atoms with Gasteiger partial charge in [-0.05, 0) is 38.1 Å². The minimum atomic E-state index is 0.680. The third kappa shape index (κ3) is 1.84. The first kappa shape index (κ1) is 10.8. The van der Waals surface area contributed by atoms with Gasteiger partial charge in [0.25, 0.3) is 0 Å². The van der Waals surface area contributed by atoms with Crippen molar-refractivity contribution in [2.75, 3.05) is 13.1 Å². The largest absolute Gasteiger partial charge is 0.317 e. The van der Waals surface area contributed by atoms with Crippen molar-refractivity contribution in [3.63, 3.8) is 0 Å². The Labute approximate surface area is 102 Å². The molecule has 0 amide bonds. The van der Waals surface area contributed by atoms with Crippen LogP contribution in [-0.4, -0.2) is 22.5 Å². The zero-order valence-corrected chi connectivity index (χ0v) is 10.3. The monoisotopic (exact) mass is 229 g/mol. The van der Waals surface area contributed by atoms with Gasteiger partial charge in [0.1, 0.15) is 5.82 Å². The molecule has 0 bridgehead atoms. The van der Waals surface area contributed by atoms with Gasteiger partial charge in [0.2, 0.25) is 0 Å². The quantitative estimate of drug-likeness (QED) is 0.856. The van der Waals surface area contributed by atoms with Crippen molar-refractivity contribution < 1.29 is 0 Å². The lowest BCUT2D eigenvalue weighted by atomic mass is 9.94. The number of aryl methyl sites for hydroxylation is 1. The van der Waals surface area contributed by atoms with E-state index in [1.165, 1.54) is 29.9 Å². The molecule has 3 heteroatoms. The van der Waals surface area contributed by atoms with Crippen LogP contribution in [0.3, 0.4) is 0 Å². The Hall–Kier alpha value is -1.35. The van der Waals surface area contributed by atoms with Crippen molar-refractivity contribution in [3.8, 4) is 0 Å². The Kier molecular flexibility index (Phi) is 2.85. The Morgan fingerprint density at radius 1 is 1.35 bits per heavy atom. The zero-order chi connectivity index (χ0) is 11.7. The molecule has 1 aliphatic rings. The molecule has 2 aromatic heterocycles. The van der Waals surface area contributed by atoms with Crippen LogP contribution in [0.1, 0.15) is 37.2 Å². The maximum atomic E-state index is 4.52. The summed E-state index contributed by atoms with van der Waals surface area (Å²) in [6.45, 7) is 4.45. The van der Waals surface area contributed by atoms with Crippen LogP contribution in [0.5, 0.6) is 0 Å². The topological polar surface area (TPSA) is 29.3 Å². The number of aromatic nitrogens is 2. The molecule has 1 saturated heterocycles. The number of pyridine rings is 1. The van der Waals surface area contributed by atoms with Crippen molar-refractivity contribution in [2.45, 2.75) is 32.1 Å². The highest BCUT2D eigenvalue weighted by molar-refractivity contribution is 5.48. The Morgan fingerprint density at radius 3 is 2.94 bits per heavy atom. The number of fused-ring (bicyclic) bond motifs is 1. The maximum Gasteiger partial charge on any atom is 0.113 e. The Bertz CT molecular complexity index is 509. The first-order chi connectivity index (χ1) is 8.40. The Balaban J connectivity index is 2.10. The molecule has 0 spiro atoms. The predicted molar refractivity (Wildman–Crippen MR) is 69.4 cm³/mol. The van der Waals surface area contributed by atoms with Crippen LogP contribution in [0, 0.1) is 0 Å². The number of nitrogens with one attached hydrogen (secondary N) is 1. The van der Waals surface area contributed by atoms with Crippen LogP contribution in [0.2, 0.25) is 0 Å². The van der Waals surface area contributed by atoms with E-state index in [1.807, 2.05) is 6.20 Å². The van der Waals surface area contributed by atoms with Crippen LogP contribution in [0.4, 0.5) is 0 Å². The van der Waals surface area contributed by atoms with Gasteiger partial charge in [-0.2, -0.15) is 0 Å². The smallest absolute Gasteiger partial charge is 0.113 e. The molecule has 1 aliphatic heterocycles. The van der Waals surface area contributed by atoms with E-state index in [2.05, 4.69) is 39.8 Å². The molecule has 0 atom stereocenters. The summed E-state index contributed by atoms with van der Waals surface area (Å²) in [7, 11) is 0. The normalized spacial score (nSPS) is 17.7. The summed E-state index contributed by atoms with van der Waals surface area (Å²) in [6, 6.07) is 6.58. The van der Waals surface area contributed by atoms with Gasteiger partial charge in [-0.15, -0.1) is 0 Å². The molecule has 2 aromatic rings. The molecular weight excluding hydrogens is 210 g/mol. The van der Waals surface area contributed by atoms with Crippen molar-refractivity contribution in [1.82, 2.24) is 14.7 Å². The second-order valence-electron chi connectivity index (χ2n) is 4.76. The number of nitrogens with zero attached hydrogens (tertiary/aromatic N) is 2. The van der Waals surface area contributed by atoms with Gasteiger partial charge in [-0.1, -0.05) is 13.0 Å². The lowest BCUT2D eigenvalue weighted by molar-refractivity contribution is 0.449. The van der Waals surface area contributed by atoms with E-state index < -0.39 is 0 Å². The van der Waals surface area contributed by atoms with Crippen LogP contribution >= 0.6 is 0 Å². The van der Waals surface area contributed by atoms with Crippen LogP contribution in [0.15, 0.2) is 24.4 Å². The summed E-state index contributed by atoms with van der Waals surface area (Å²) < 4.78 is 2.36. The number of piperidine rings is 1. The number of imidazole rings is 1. The molecule has 1 N–H and O–H groups in total. The van der Waals surface area contributed by atoms with Crippen LogP contribution < -0.4 is 5.32 Å². The number of hydrogen-bond acceptors (Lipinski definition) is 2. The summed E-state index contributed by atoms with van der Waals surface area (Å²) in [5, 5.41) is 3.43. The van der Waals surface area contributed by atoms with Gasteiger partial charge in [0.05, 0.1) is 11.7 Å². The van der Waals surface area contributed by atoms with E-state index in [4.69, 9.17) is 0 Å². The van der Waals surface area contributed by atoms with Gasteiger partial charge in [-0.25, -0.2) is 4.98 Å². The molecule has 3 heterocycles. The molecule has 1 fully saturated rings. The average Bonchev–Trinajstić information content (AvgIpc) is 2.82. The van der Waals surface area contributed by atoms with Gasteiger partial charge < -0.3 is 9.72 Å². The first-order valence-electron chi connectivity index (χ1n) is 6.56. The Morgan fingerprint density at radius 2 is 2.18 bits per heavy atom. The van der Waals surface area contributed by atoms with Crippen LogP contribution in [0.25, 0.3) is 5.52 Å². The molecule has 17 heavy (non-hydrogen) atoms. The van der Waals surface area contributed by atoms with E-state index >= 15 is 0 Å². The van der Waals surface area contributed by atoms with Crippen LogP contribution in [-0.2, 0) is 6.42 Å². The third-order valence-corrected chi connectivity index (χ3v) is 3.73. The van der Waals surface area contributed by atoms with Crippen molar-refractivity contribution in [3.05, 3.63) is 35.9 Å². The van der Waals surface area contributed by atoms with E-state index in [-0.39, 0.29) is 0 Å². The van der Waals surface area contributed by atoms with Crippen molar-refractivity contribution in [1.29, 1.82) is 0 Å². The molecule has 90 valence electrons. The highest BCUT2D eigenvalue weighted by Crippen LogP contribution is 2.26. The lowest BCUT2D eigenvalue weighted by Crippen LogP contribution is -2.27.